The van der Waals surface area contributed by atoms with Crippen molar-refractivity contribution in [3.63, 3.8) is 0 Å². The van der Waals surface area contributed by atoms with Crippen LogP contribution in [-0.4, -0.2) is 23.9 Å². The highest BCUT2D eigenvalue weighted by molar-refractivity contribution is 7.92. The number of fused-ring (bicyclic) bond motifs is 1. The van der Waals surface area contributed by atoms with E-state index in [0.29, 0.717) is 11.1 Å². The van der Waals surface area contributed by atoms with Gasteiger partial charge in [0.15, 0.2) is 0 Å². The Morgan fingerprint density at radius 2 is 1.68 bits per heavy atom. The van der Waals surface area contributed by atoms with Crippen molar-refractivity contribution in [2.24, 2.45) is 0 Å². The molecule has 2 aromatic heterocycles. The Balaban J connectivity index is 1.86. The number of pyridine rings is 2. The molecule has 0 saturated carbocycles. The second-order valence-corrected chi connectivity index (χ2v) is 8.54. The summed E-state index contributed by atoms with van der Waals surface area (Å²) in [5, 5.41) is 3.54. The summed E-state index contributed by atoms with van der Waals surface area (Å²) in [6.07, 6.45) is 1.47. The fourth-order valence-corrected chi connectivity index (χ4v) is 3.88. The average molecular weight is 445 g/mol. The van der Waals surface area contributed by atoms with Gasteiger partial charge in [0.25, 0.3) is 15.4 Å². The minimum atomic E-state index is -5.52. The Kier molecular flexibility index (Phi) is 5.02. The van der Waals surface area contributed by atoms with Gasteiger partial charge in [-0.3, -0.25) is 4.79 Å². The van der Waals surface area contributed by atoms with Gasteiger partial charge in [-0.15, -0.1) is 0 Å². The summed E-state index contributed by atoms with van der Waals surface area (Å²) in [7, 11) is -5.52. The minimum Gasteiger partial charge on any atom is -0.339 e. The molecule has 4 aromatic rings. The van der Waals surface area contributed by atoms with Crippen LogP contribution < -0.4 is 10.9 Å². The first-order valence-electron chi connectivity index (χ1n) is 8.93. The molecular weight excluding hydrogens is 431 g/mol. The number of anilines is 2. The van der Waals surface area contributed by atoms with Crippen LogP contribution in [-0.2, 0) is 9.84 Å². The van der Waals surface area contributed by atoms with Gasteiger partial charge in [-0.1, -0.05) is 36.4 Å². The number of benzene rings is 2. The van der Waals surface area contributed by atoms with Crippen LogP contribution in [0, 0.1) is 0 Å². The van der Waals surface area contributed by atoms with E-state index in [9.17, 15) is 26.4 Å². The maximum absolute atomic E-state index is 12.9. The van der Waals surface area contributed by atoms with E-state index < -0.39 is 25.8 Å². The number of sulfone groups is 1. The lowest BCUT2D eigenvalue weighted by atomic mass is 10.1. The first-order valence-corrected chi connectivity index (χ1v) is 10.4. The maximum Gasteiger partial charge on any atom is 0.501 e. The Bertz CT molecular complexity index is 1430. The van der Waals surface area contributed by atoms with Gasteiger partial charge in [-0.05, 0) is 35.7 Å². The monoisotopic (exact) mass is 445 g/mol. The molecule has 6 nitrogen and oxygen atoms in total. The number of aromatic nitrogens is 2. The molecule has 2 heterocycles. The van der Waals surface area contributed by atoms with Crippen LogP contribution in [0.3, 0.4) is 0 Å². The number of halogens is 3. The number of nitrogens with zero attached hydrogens (tertiary/aromatic N) is 1. The summed E-state index contributed by atoms with van der Waals surface area (Å²) in [5.41, 5.74) is -4.55. The molecule has 0 spiro atoms. The predicted octanol–water partition coefficient (Wildman–Crippen LogP) is 4.63. The number of H-pyrrole nitrogens is 1. The molecule has 31 heavy (non-hydrogen) atoms. The lowest BCUT2D eigenvalue weighted by Crippen LogP contribution is -2.23. The Morgan fingerprint density at radius 3 is 2.39 bits per heavy atom. The molecule has 0 unspecified atom stereocenters. The molecule has 0 aliphatic carbocycles. The average Bonchev–Trinajstić information content (AvgIpc) is 2.73. The van der Waals surface area contributed by atoms with Gasteiger partial charge in [-0.2, -0.15) is 13.2 Å². The molecule has 0 bridgehead atoms. The van der Waals surface area contributed by atoms with Crippen molar-refractivity contribution in [2.75, 3.05) is 5.32 Å². The van der Waals surface area contributed by atoms with Crippen molar-refractivity contribution < 1.29 is 21.6 Å². The SMILES string of the molecule is O=c1[nH]ccc2cc(-c3ccccc3)nc(Nc3cccc(S(=O)(=O)C(F)(F)F)c3)c12. The third-order valence-corrected chi connectivity index (χ3v) is 6.02. The number of hydrogen-bond acceptors (Lipinski definition) is 5. The molecule has 10 heteroatoms. The predicted molar refractivity (Wildman–Crippen MR) is 111 cm³/mol. The van der Waals surface area contributed by atoms with E-state index in [1.165, 1.54) is 18.3 Å². The van der Waals surface area contributed by atoms with Crippen molar-refractivity contribution >= 4 is 32.1 Å². The fraction of sp³-hybridized carbons (Fsp3) is 0.0476. The molecule has 0 radical (unpaired) electrons. The van der Waals surface area contributed by atoms with Crippen molar-refractivity contribution in [1.29, 1.82) is 0 Å². The largest absolute Gasteiger partial charge is 0.501 e. The van der Waals surface area contributed by atoms with Crippen LogP contribution in [0.15, 0.2) is 82.6 Å². The van der Waals surface area contributed by atoms with Crippen LogP contribution in [0.1, 0.15) is 0 Å². The van der Waals surface area contributed by atoms with Crippen LogP contribution >= 0.6 is 0 Å². The summed E-state index contributed by atoms with van der Waals surface area (Å²) >= 11 is 0. The van der Waals surface area contributed by atoms with E-state index in [-0.39, 0.29) is 16.9 Å². The number of rotatable bonds is 4. The lowest BCUT2D eigenvalue weighted by Gasteiger charge is -2.13. The van der Waals surface area contributed by atoms with Gasteiger partial charge in [0, 0.05) is 17.4 Å². The third kappa shape index (κ3) is 3.89. The second-order valence-electron chi connectivity index (χ2n) is 6.60. The van der Waals surface area contributed by atoms with Gasteiger partial charge in [0.2, 0.25) is 0 Å². The smallest absolute Gasteiger partial charge is 0.339 e. The number of aromatic amines is 1. The number of nitrogens with one attached hydrogen (secondary N) is 2. The summed E-state index contributed by atoms with van der Waals surface area (Å²) in [6, 6.07) is 16.8. The summed E-state index contributed by atoms with van der Waals surface area (Å²) < 4.78 is 62.2. The van der Waals surface area contributed by atoms with Crippen LogP contribution in [0.2, 0.25) is 0 Å². The third-order valence-electron chi connectivity index (χ3n) is 4.54. The Morgan fingerprint density at radius 1 is 0.935 bits per heavy atom. The molecule has 0 aliphatic heterocycles. The second kappa shape index (κ2) is 7.55. The molecule has 0 atom stereocenters. The molecule has 0 amide bonds. The molecule has 0 fully saturated rings. The topological polar surface area (TPSA) is 91.9 Å². The van der Waals surface area contributed by atoms with Crippen LogP contribution in [0.5, 0.6) is 0 Å². The van der Waals surface area contributed by atoms with E-state index in [0.717, 1.165) is 17.7 Å². The number of hydrogen-bond donors (Lipinski definition) is 2. The zero-order valence-corrected chi connectivity index (χ0v) is 16.5. The van der Waals surface area contributed by atoms with Crippen LogP contribution in [0.4, 0.5) is 24.7 Å². The summed E-state index contributed by atoms with van der Waals surface area (Å²) in [5.74, 6) is 0.0831. The van der Waals surface area contributed by atoms with Crippen molar-refractivity contribution in [3.8, 4) is 11.3 Å². The number of alkyl halides is 3. The summed E-state index contributed by atoms with van der Waals surface area (Å²) in [6.45, 7) is 0. The zero-order chi connectivity index (χ0) is 22.2. The van der Waals surface area contributed by atoms with Gasteiger partial charge >= 0.3 is 5.51 Å². The van der Waals surface area contributed by atoms with E-state index in [4.69, 9.17) is 0 Å². The van der Waals surface area contributed by atoms with Crippen molar-refractivity contribution in [3.05, 3.63) is 83.3 Å². The van der Waals surface area contributed by atoms with Crippen LogP contribution in [0.25, 0.3) is 22.0 Å². The Hall–Kier alpha value is -3.66. The molecule has 0 aliphatic rings. The van der Waals surface area contributed by atoms with E-state index in [1.807, 2.05) is 30.3 Å². The highest BCUT2D eigenvalue weighted by Crippen LogP contribution is 2.33. The quantitative estimate of drug-likeness (QED) is 0.478. The highest BCUT2D eigenvalue weighted by atomic mass is 32.2. The zero-order valence-electron chi connectivity index (χ0n) is 15.6. The van der Waals surface area contributed by atoms with Gasteiger partial charge in [-0.25, -0.2) is 13.4 Å². The molecule has 0 saturated heterocycles. The molecule has 2 aromatic carbocycles. The fourth-order valence-electron chi connectivity index (χ4n) is 3.07. The maximum atomic E-state index is 12.9. The molecule has 158 valence electrons. The first-order chi connectivity index (χ1) is 14.7. The standard InChI is InChI=1S/C21H14F3N3O3S/c22-21(23,24)31(29,30)16-8-4-7-15(12-16)26-19-18-14(9-10-25-20(18)28)11-17(27-19)13-5-2-1-3-6-13/h1-12H,(H,25,28)(H,26,27). The van der Waals surface area contributed by atoms with E-state index in [1.54, 1.807) is 12.1 Å². The Labute approximate surface area is 174 Å². The van der Waals surface area contributed by atoms with E-state index in [2.05, 4.69) is 15.3 Å². The summed E-state index contributed by atoms with van der Waals surface area (Å²) in [4.78, 5) is 18.5. The van der Waals surface area contributed by atoms with E-state index >= 15 is 0 Å². The molecular formula is C21H14F3N3O3S. The first kappa shape index (κ1) is 20.6. The van der Waals surface area contributed by atoms with Crippen molar-refractivity contribution in [2.45, 2.75) is 10.4 Å². The van der Waals surface area contributed by atoms with Gasteiger partial charge < -0.3 is 10.3 Å². The normalized spacial score (nSPS) is 12.1. The van der Waals surface area contributed by atoms with Crippen molar-refractivity contribution in [1.82, 2.24) is 9.97 Å². The molecule has 4 rings (SSSR count). The van der Waals surface area contributed by atoms with Gasteiger partial charge in [0.1, 0.15) is 5.82 Å². The minimum absolute atomic E-state index is 0.0348. The highest BCUT2D eigenvalue weighted by Gasteiger charge is 2.46. The molecule has 2 N–H and O–H groups in total. The van der Waals surface area contributed by atoms with Gasteiger partial charge in [0.05, 0.1) is 16.0 Å². The lowest BCUT2D eigenvalue weighted by molar-refractivity contribution is -0.0435.